The Balaban J connectivity index is 3.06. The second-order valence-corrected chi connectivity index (χ2v) is 4.77. The van der Waals surface area contributed by atoms with Crippen molar-refractivity contribution in [3.05, 3.63) is 33.3 Å². The normalized spacial score (nSPS) is 17.5. The molecule has 1 heteroatoms. The average Bonchev–Trinajstić information content (AvgIpc) is 2.35. The van der Waals surface area contributed by atoms with Gasteiger partial charge in [-0.3, -0.25) is 0 Å². The van der Waals surface area contributed by atoms with Crippen molar-refractivity contribution in [2.45, 2.75) is 13.8 Å². The average molecular weight is 199 g/mol. The predicted molar refractivity (Wildman–Crippen MR) is 66.8 cm³/mol. The summed E-state index contributed by atoms with van der Waals surface area (Å²) in [6, 6.07) is 0. The Morgan fingerprint density at radius 2 is 1.73 bits per heavy atom. The summed E-state index contributed by atoms with van der Waals surface area (Å²) in [7, 11) is 2.01. The third-order valence-corrected chi connectivity index (χ3v) is 3.03. The summed E-state index contributed by atoms with van der Waals surface area (Å²) < 4.78 is 2.05. The molecule has 0 radical (unpaired) electrons. The van der Waals surface area contributed by atoms with Gasteiger partial charge in [0, 0.05) is 33.6 Å². The first kappa shape index (κ1) is 10.0. The lowest BCUT2D eigenvalue weighted by Gasteiger charge is -2.12. The molecule has 0 saturated heterocycles. The quantitative estimate of drug-likeness (QED) is 0.554. The molecule has 1 aliphatic carbocycles. The van der Waals surface area contributed by atoms with Gasteiger partial charge in [-0.25, -0.2) is 0 Å². The van der Waals surface area contributed by atoms with E-state index in [0.717, 1.165) is 10.7 Å². The minimum absolute atomic E-state index is 0.0853. The van der Waals surface area contributed by atoms with Crippen LogP contribution >= 0.6 is 0 Å². The smallest absolute Gasteiger partial charge is 0.0415 e. The zero-order chi connectivity index (χ0) is 11.2. The molecule has 0 unspecified atom stereocenters. The van der Waals surface area contributed by atoms with Gasteiger partial charge in [-0.15, -0.1) is 0 Å². The first-order chi connectivity index (χ1) is 6.92. The van der Waals surface area contributed by atoms with Gasteiger partial charge in [-0.05, 0) is 0 Å². The predicted octanol–water partition coefficient (Wildman–Crippen LogP) is 0.00270. The number of rotatable bonds is 0. The Morgan fingerprint density at radius 1 is 1.13 bits per heavy atom. The van der Waals surface area contributed by atoms with Gasteiger partial charge in [-0.2, -0.15) is 0 Å². The van der Waals surface area contributed by atoms with E-state index in [1.165, 1.54) is 10.4 Å². The van der Waals surface area contributed by atoms with Crippen LogP contribution in [0, 0.1) is 5.41 Å². The molecule has 0 amide bonds. The summed E-state index contributed by atoms with van der Waals surface area (Å²) in [5.41, 5.74) is 0.0853. The van der Waals surface area contributed by atoms with Gasteiger partial charge in [0.2, 0.25) is 0 Å². The van der Waals surface area contributed by atoms with Crippen LogP contribution in [-0.2, 0) is 7.05 Å². The van der Waals surface area contributed by atoms with Crippen LogP contribution in [0.4, 0.5) is 0 Å². The molecule has 0 bridgehead atoms. The van der Waals surface area contributed by atoms with Crippen molar-refractivity contribution in [2.75, 3.05) is 0 Å². The van der Waals surface area contributed by atoms with E-state index < -0.39 is 0 Å². The maximum atomic E-state index is 4.11. The summed E-state index contributed by atoms with van der Waals surface area (Å²) in [5, 5.41) is 4.50. The number of nitrogens with zero attached hydrogens (tertiary/aromatic N) is 1. The van der Waals surface area contributed by atoms with E-state index in [-0.39, 0.29) is 5.41 Å². The molecular formula is C14H17N. The number of aromatic nitrogens is 1. The molecule has 0 N–H and O–H groups in total. The third kappa shape index (κ3) is 1.48. The molecule has 1 heterocycles. The summed E-state index contributed by atoms with van der Waals surface area (Å²) >= 11 is 0. The Bertz CT molecular complexity index is 639. The Labute approximate surface area is 90.0 Å². The van der Waals surface area contributed by atoms with Gasteiger partial charge < -0.3 is 4.57 Å². The highest BCUT2D eigenvalue weighted by Gasteiger charge is 2.11. The van der Waals surface area contributed by atoms with E-state index in [1.807, 2.05) is 11.6 Å². The molecule has 0 saturated carbocycles. The molecule has 2 rings (SSSR count). The topological polar surface area (TPSA) is 4.93 Å². The SMILES string of the molecule is C=c1c2c(c(=C)n1C)=CC(C)(C)C=CC=2. The molecule has 0 aromatic carbocycles. The van der Waals surface area contributed by atoms with Crippen LogP contribution in [0.5, 0.6) is 0 Å². The number of hydrogen-bond donors (Lipinski definition) is 0. The van der Waals surface area contributed by atoms with E-state index in [4.69, 9.17) is 0 Å². The molecule has 1 aliphatic rings. The Hall–Kier alpha value is -1.50. The molecule has 1 nitrogen and oxygen atoms in total. The van der Waals surface area contributed by atoms with Crippen LogP contribution in [0.15, 0.2) is 12.2 Å². The second-order valence-electron chi connectivity index (χ2n) is 4.77. The minimum Gasteiger partial charge on any atom is -0.345 e. The zero-order valence-electron chi connectivity index (χ0n) is 9.67. The maximum absolute atomic E-state index is 4.11. The largest absolute Gasteiger partial charge is 0.345 e. The first-order valence-corrected chi connectivity index (χ1v) is 5.17. The standard InChI is InChI=1S/C14H17N/c1-10-12-7-6-8-14(3,4)9-13(12)11(2)15(10)5/h6-9H,1-2H2,3-5H3. The molecule has 0 aliphatic heterocycles. The second kappa shape index (κ2) is 2.99. The number of fused-ring (bicyclic) bond motifs is 1. The highest BCUT2D eigenvalue weighted by molar-refractivity contribution is 5.48. The van der Waals surface area contributed by atoms with Gasteiger partial charge in [0.05, 0.1) is 0 Å². The van der Waals surface area contributed by atoms with Gasteiger partial charge >= 0.3 is 0 Å². The molecule has 1 aromatic rings. The van der Waals surface area contributed by atoms with Crippen molar-refractivity contribution in [3.8, 4) is 0 Å². The number of allylic oxidation sites excluding steroid dienone is 2. The lowest BCUT2D eigenvalue weighted by molar-refractivity contribution is 0.670. The van der Waals surface area contributed by atoms with Crippen molar-refractivity contribution in [3.63, 3.8) is 0 Å². The van der Waals surface area contributed by atoms with Crippen molar-refractivity contribution >= 4 is 25.3 Å². The summed E-state index contributed by atoms with van der Waals surface area (Å²) in [6.45, 7) is 12.6. The van der Waals surface area contributed by atoms with Crippen molar-refractivity contribution < 1.29 is 0 Å². The van der Waals surface area contributed by atoms with Crippen molar-refractivity contribution in [2.24, 2.45) is 12.5 Å². The molecule has 78 valence electrons. The van der Waals surface area contributed by atoms with Crippen LogP contribution in [0.2, 0.25) is 0 Å². The summed E-state index contributed by atoms with van der Waals surface area (Å²) in [5.74, 6) is 0. The minimum atomic E-state index is 0.0853. The highest BCUT2D eigenvalue weighted by Crippen LogP contribution is 2.18. The van der Waals surface area contributed by atoms with Crippen molar-refractivity contribution in [1.29, 1.82) is 0 Å². The van der Waals surface area contributed by atoms with Gasteiger partial charge in [0.25, 0.3) is 0 Å². The molecule has 0 atom stereocenters. The van der Waals surface area contributed by atoms with E-state index in [0.29, 0.717) is 0 Å². The van der Waals surface area contributed by atoms with Crippen molar-refractivity contribution in [1.82, 2.24) is 4.57 Å². The third-order valence-electron chi connectivity index (χ3n) is 3.03. The molecule has 0 fully saturated rings. The van der Waals surface area contributed by atoms with Crippen LogP contribution in [0.1, 0.15) is 13.8 Å². The molecular weight excluding hydrogens is 182 g/mol. The van der Waals surface area contributed by atoms with Gasteiger partial charge in [0.1, 0.15) is 0 Å². The van der Waals surface area contributed by atoms with E-state index in [2.05, 4.69) is 51.3 Å². The highest BCUT2D eigenvalue weighted by atomic mass is 14.9. The lowest BCUT2D eigenvalue weighted by Crippen LogP contribution is -2.37. The van der Waals surface area contributed by atoms with E-state index >= 15 is 0 Å². The Kier molecular flexibility index (Phi) is 2.00. The monoisotopic (exact) mass is 199 g/mol. The van der Waals surface area contributed by atoms with E-state index in [9.17, 15) is 0 Å². The van der Waals surface area contributed by atoms with Crippen LogP contribution in [0.25, 0.3) is 25.3 Å². The maximum Gasteiger partial charge on any atom is 0.0415 e. The molecule has 1 aromatic heterocycles. The van der Waals surface area contributed by atoms with Crippen LogP contribution in [0.3, 0.4) is 0 Å². The molecule has 0 spiro atoms. The first-order valence-electron chi connectivity index (χ1n) is 5.17. The van der Waals surface area contributed by atoms with Crippen LogP contribution in [-0.4, -0.2) is 4.57 Å². The molecule has 15 heavy (non-hydrogen) atoms. The van der Waals surface area contributed by atoms with E-state index in [1.54, 1.807) is 0 Å². The summed E-state index contributed by atoms with van der Waals surface area (Å²) in [6.07, 6.45) is 8.69. The fourth-order valence-corrected chi connectivity index (χ4v) is 1.99. The number of hydrogen-bond acceptors (Lipinski definition) is 0. The fourth-order valence-electron chi connectivity index (χ4n) is 1.99. The van der Waals surface area contributed by atoms with Gasteiger partial charge in [0.15, 0.2) is 0 Å². The zero-order valence-corrected chi connectivity index (χ0v) is 9.67. The van der Waals surface area contributed by atoms with Crippen LogP contribution < -0.4 is 21.1 Å². The lowest BCUT2D eigenvalue weighted by atomic mass is 9.92. The fraction of sp³-hybridized carbons (Fsp3) is 0.286. The summed E-state index contributed by atoms with van der Waals surface area (Å²) in [4.78, 5) is 0. The van der Waals surface area contributed by atoms with Gasteiger partial charge in [-0.1, -0.05) is 51.3 Å². The Morgan fingerprint density at radius 3 is 2.40 bits per heavy atom.